The quantitative estimate of drug-likeness (QED) is 0.751. The lowest BCUT2D eigenvalue weighted by molar-refractivity contribution is -0.0218. The number of phenolic OH excluding ortho intramolecular Hbond substituents is 1. The molecule has 6 nitrogen and oxygen atoms in total. The van der Waals surface area contributed by atoms with Crippen molar-refractivity contribution in [3.05, 3.63) is 83.7 Å². The normalized spacial score (nSPS) is 20.0. The average Bonchev–Trinajstić information content (AvgIpc) is 3.20. The van der Waals surface area contributed by atoms with Crippen LogP contribution in [0, 0.1) is 0 Å². The summed E-state index contributed by atoms with van der Waals surface area (Å²) in [4.78, 5) is 4.48. The number of benzene rings is 2. The fourth-order valence-electron chi connectivity index (χ4n) is 3.78. The molecular formula is C22H19N3O3. The van der Waals surface area contributed by atoms with E-state index in [0.717, 1.165) is 34.7 Å². The zero-order chi connectivity index (χ0) is 19.1. The Morgan fingerprint density at radius 3 is 2.79 bits per heavy atom. The van der Waals surface area contributed by atoms with Crippen LogP contribution in [-0.4, -0.2) is 27.9 Å². The van der Waals surface area contributed by atoms with E-state index in [0.29, 0.717) is 5.75 Å². The largest absolute Gasteiger partial charge is 0.504 e. The molecule has 3 aromatic rings. The molecule has 5 rings (SSSR count). The molecule has 0 radical (unpaired) electrons. The fraction of sp³-hybridized carbons (Fsp3) is 0.182. The molecular weight excluding hydrogens is 354 g/mol. The van der Waals surface area contributed by atoms with Crippen molar-refractivity contribution in [1.29, 1.82) is 0 Å². The third-order valence-corrected chi connectivity index (χ3v) is 5.15. The van der Waals surface area contributed by atoms with E-state index in [9.17, 15) is 5.11 Å². The van der Waals surface area contributed by atoms with E-state index in [1.807, 2.05) is 53.5 Å². The predicted molar refractivity (Wildman–Crippen MR) is 104 cm³/mol. The Morgan fingerprint density at radius 2 is 1.96 bits per heavy atom. The second-order valence-corrected chi connectivity index (χ2v) is 6.80. The van der Waals surface area contributed by atoms with Gasteiger partial charge in [-0.3, -0.25) is 4.98 Å². The maximum absolute atomic E-state index is 9.90. The monoisotopic (exact) mass is 373 g/mol. The van der Waals surface area contributed by atoms with Gasteiger partial charge in [0.25, 0.3) is 0 Å². The zero-order valence-electron chi connectivity index (χ0n) is 15.3. The predicted octanol–water partition coefficient (Wildman–Crippen LogP) is 4.04. The van der Waals surface area contributed by atoms with E-state index in [-0.39, 0.29) is 11.8 Å². The van der Waals surface area contributed by atoms with Gasteiger partial charge in [-0.25, -0.2) is 5.01 Å². The standard InChI is InChI=1S/C22H19N3O3/c1-27-21-12-14(9-10-19(21)26)17-13-18-15-6-2-3-8-20(15)28-22(25(18)24-17)16-7-4-5-11-23-16/h2-12,18,22,26H,13H2,1H3/t18-,22+/m1/s1. The minimum atomic E-state index is -0.391. The minimum Gasteiger partial charge on any atom is -0.504 e. The third kappa shape index (κ3) is 2.65. The lowest BCUT2D eigenvalue weighted by Gasteiger charge is -2.37. The van der Waals surface area contributed by atoms with E-state index in [1.165, 1.54) is 0 Å². The number of aromatic hydroxyl groups is 1. The molecule has 0 amide bonds. The maximum Gasteiger partial charge on any atom is 0.230 e. The molecule has 2 aliphatic heterocycles. The molecule has 2 aromatic carbocycles. The Kier molecular flexibility index (Phi) is 3.90. The van der Waals surface area contributed by atoms with Crippen LogP contribution in [0.4, 0.5) is 0 Å². The number of phenols is 1. The summed E-state index contributed by atoms with van der Waals surface area (Å²) in [5.74, 6) is 1.41. The lowest BCUT2D eigenvalue weighted by Crippen LogP contribution is -2.34. The van der Waals surface area contributed by atoms with Gasteiger partial charge in [0.1, 0.15) is 11.4 Å². The molecule has 3 heterocycles. The van der Waals surface area contributed by atoms with Crippen molar-refractivity contribution in [2.45, 2.75) is 18.7 Å². The maximum atomic E-state index is 9.90. The summed E-state index contributed by atoms with van der Waals surface area (Å²) in [5.41, 5.74) is 3.76. The van der Waals surface area contributed by atoms with Crippen molar-refractivity contribution in [2.24, 2.45) is 5.10 Å². The van der Waals surface area contributed by atoms with Gasteiger partial charge < -0.3 is 14.6 Å². The zero-order valence-corrected chi connectivity index (χ0v) is 15.3. The summed E-state index contributed by atoms with van der Waals surface area (Å²) in [6.07, 6.45) is 2.11. The summed E-state index contributed by atoms with van der Waals surface area (Å²) in [7, 11) is 1.54. The highest BCUT2D eigenvalue weighted by molar-refractivity contribution is 6.02. The van der Waals surface area contributed by atoms with Crippen LogP contribution in [0.3, 0.4) is 0 Å². The molecule has 0 bridgehead atoms. The molecule has 140 valence electrons. The van der Waals surface area contributed by atoms with Crippen LogP contribution in [0.1, 0.15) is 35.5 Å². The minimum absolute atomic E-state index is 0.0618. The SMILES string of the molecule is COc1cc(C2=NN3[C@H](C2)c2ccccc2O[C@H]3c2ccccn2)ccc1O. The van der Waals surface area contributed by atoms with Gasteiger partial charge in [0, 0.05) is 23.7 Å². The number of nitrogens with zero attached hydrogens (tertiary/aromatic N) is 3. The number of hydrogen-bond acceptors (Lipinski definition) is 6. The summed E-state index contributed by atoms with van der Waals surface area (Å²) in [5, 5.41) is 16.8. The van der Waals surface area contributed by atoms with Crippen molar-refractivity contribution in [2.75, 3.05) is 7.11 Å². The summed E-state index contributed by atoms with van der Waals surface area (Å²) in [6.45, 7) is 0. The summed E-state index contributed by atoms with van der Waals surface area (Å²) in [6, 6.07) is 19.2. The Labute approximate surface area is 162 Å². The first-order valence-electron chi connectivity index (χ1n) is 9.14. The Bertz CT molecular complexity index is 1050. The van der Waals surface area contributed by atoms with Crippen LogP contribution in [0.2, 0.25) is 0 Å². The van der Waals surface area contributed by atoms with Crippen LogP contribution >= 0.6 is 0 Å². The molecule has 28 heavy (non-hydrogen) atoms. The van der Waals surface area contributed by atoms with Gasteiger partial charge in [-0.1, -0.05) is 24.3 Å². The van der Waals surface area contributed by atoms with Crippen molar-refractivity contribution in [1.82, 2.24) is 9.99 Å². The fourth-order valence-corrected chi connectivity index (χ4v) is 3.78. The van der Waals surface area contributed by atoms with Crippen molar-refractivity contribution in [3.8, 4) is 17.2 Å². The highest BCUT2D eigenvalue weighted by Crippen LogP contribution is 2.47. The van der Waals surface area contributed by atoms with Gasteiger partial charge in [-0.15, -0.1) is 0 Å². The molecule has 2 atom stereocenters. The number of pyridine rings is 1. The van der Waals surface area contributed by atoms with Crippen molar-refractivity contribution < 1.29 is 14.6 Å². The van der Waals surface area contributed by atoms with Gasteiger partial charge in [0.15, 0.2) is 11.5 Å². The number of para-hydroxylation sites is 1. The Balaban J connectivity index is 1.58. The number of ether oxygens (including phenoxy) is 2. The second-order valence-electron chi connectivity index (χ2n) is 6.80. The lowest BCUT2D eigenvalue weighted by atomic mass is 9.96. The number of hydrogen-bond donors (Lipinski definition) is 1. The molecule has 1 aromatic heterocycles. The number of fused-ring (bicyclic) bond motifs is 3. The number of rotatable bonds is 3. The number of hydrazone groups is 1. The van der Waals surface area contributed by atoms with Gasteiger partial charge in [0.2, 0.25) is 6.23 Å². The molecule has 0 unspecified atom stereocenters. The van der Waals surface area contributed by atoms with Gasteiger partial charge >= 0.3 is 0 Å². The molecule has 0 fully saturated rings. The van der Waals surface area contributed by atoms with E-state index < -0.39 is 6.23 Å². The smallest absolute Gasteiger partial charge is 0.230 e. The van der Waals surface area contributed by atoms with Crippen LogP contribution in [0.15, 0.2) is 72.0 Å². The average molecular weight is 373 g/mol. The highest BCUT2D eigenvalue weighted by Gasteiger charge is 2.41. The van der Waals surface area contributed by atoms with Gasteiger partial charge in [-0.05, 0) is 36.4 Å². The first-order chi connectivity index (χ1) is 13.7. The van der Waals surface area contributed by atoms with Crippen molar-refractivity contribution >= 4 is 5.71 Å². The molecule has 6 heteroatoms. The van der Waals surface area contributed by atoms with Crippen LogP contribution in [0.5, 0.6) is 17.2 Å². The first kappa shape index (κ1) is 16.6. The topological polar surface area (TPSA) is 67.2 Å². The summed E-state index contributed by atoms with van der Waals surface area (Å²) < 4.78 is 11.5. The van der Waals surface area contributed by atoms with E-state index >= 15 is 0 Å². The second kappa shape index (κ2) is 6.56. The Hall–Kier alpha value is -3.54. The highest BCUT2D eigenvalue weighted by atomic mass is 16.5. The summed E-state index contributed by atoms with van der Waals surface area (Å²) >= 11 is 0. The van der Waals surface area contributed by atoms with Gasteiger partial charge in [0.05, 0.1) is 18.9 Å². The van der Waals surface area contributed by atoms with Crippen LogP contribution in [0.25, 0.3) is 0 Å². The van der Waals surface area contributed by atoms with Crippen LogP contribution in [-0.2, 0) is 0 Å². The van der Waals surface area contributed by atoms with E-state index in [1.54, 1.807) is 19.4 Å². The molecule has 0 saturated carbocycles. The third-order valence-electron chi connectivity index (χ3n) is 5.15. The number of aromatic nitrogens is 1. The van der Waals surface area contributed by atoms with Gasteiger partial charge in [-0.2, -0.15) is 5.10 Å². The molecule has 2 aliphatic rings. The number of methoxy groups -OCH3 is 1. The Morgan fingerprint density at radius 1 is 1.11 bits per heavy atom. The van der Waals surface area contributed by atoms with Crippen LogP contribution < -0.4 is 9.47 Å². The molecule has 0 saturated heterocycles. The van der Waals surface area contributed by atoms with Crippen molar-refractivity contribution in [3.63, 3.8) is 0 Å². The molecule has 1 N–H and O–H groups in total. The molecule has 0 aliphatic carbocycles. The molecule has 0 spiro atoms. The van der Waals surface area contributed by atoms with E-state index in [4.69, 9.17) is 14.6 Å². The van der Waals surface area contributed by atoms with E-state index in [2.05, 4.69) is 11.1 Å². The first-order valence-corrected chi connectivity index (χ1v) is 9.14.